The van der Waals surface area contributed by atoms with Crippen LogP contribution in [0.25, 0.3) is 0 Å². The summed E-state index contributed by atoms with van der Waals surface area (Å²) in [4.78, 5) is 22.2. The third kappa shape index (κ3) is 4.28. The molecule has 6 nitrogen and oxygen atoms in total. The summed E-state index contributed by atoms with van der Waals surface area (Å²) in [6, 6.07) is 4.93. The number of carbonyl (C=O) groups excluding carboxylic acids is 1. The maximum absolute atomic E-state index is 11.6. The van der Waals surface area contributed by atoms with E-state index in [1.165, 1.54) is 6.07 Å². The Morgan fingerprint density at radius 2 is 2.10 bits per heavy atom. The van der Waals surface area contributed by atoms with Crippen LogP contribution < -0.4 is 10.6 Å². The Kier molecular flexibility index (Phi) is 5.64. The standard InChI is InChI=1S/C13H18BrN3O3/c1-13(2,12(18)15-3)8-16-7-9-4-5-10(14)6-11(9)17(19)20/h4-6,16H,7-8H2,1-3H3,(H,15,18). The van der Waals surface area contributed by atoms with E-state index in [2.05, 4.69) is 26.6 Å². The van der Waals surface area contributed by atoms with Gasteiger partial charge >= 0.3 is 0 Å². The summed E-state index contributed by atoms with van der Waals surface area (Å²) in [5.41, 5.74) is 0.0781. The minimum absolute atomic E-state index is 0.0598. The lowest BCUT2D eigenvalue weighted by Crippen LogP contribution is -2.41. The molecule has 0 unspecified atom stereocenters. The van der Waals surface area contributed by atoms with Gasteiger partial charge in [0.05, 0.1) is 10.3 Å². The first-order valence-electron chi connectivity index (χ1n) is 6.13. The molecule has 0 spiro atoms. The molecule has 1 amide bonds. The van der Waals surface area contributed by atoms with Gasteiger partial charge in [0.15, 0.2) is 0 Å². The molecule has 0 aliphatic carbocycles. The third-order valence-corrected chi connectivity index (χ3v) is 3.46. The number of nitro groups is 1. The van der Waals surface area contributed by atoms with Gasteiger partial charge in [-0.15, -0.1) is 0 Å². The molecule has 20 heavy (non-hydrogen) atoms. The van der Waals surface area contributed by atoms with Crippen molar-refractivity contribution in [3.05, 3.63) is 38.3 Å². The molecule has 110 valence electrons. The molecule has 0 saturated carbocycles. The van der Waals surface area contributed by atoms with Gasteiger partial charge in [0.25, 0.3) is 5.69 Å². The Hall–Kier alpha value is -1.47. The highest BCUT2D eigenvalue weighted by molar-refractivity contribution is 9.10. The monoisotopic (exact) mass is 343 g/mol. The van der Waals surface area contributed by atoms with Gasteiger partial charge < -0.3 is 10.6 Å². The van der Waals surface area contributed by atoms with Crippen molar-refractivity contribution in [2.24, 2.45) is 5.41 Å². The van der Waals surface area contributed by atoms with Crippen LogP contribution in [-0.4, -0.2) is 24.4 Å². The summed E-state index contributed by atoms with van der Waals surface area (Å²) < 4.78 is 0.665. The van der Waals surface area contributed by atoms with Gasteiger partial charge in [0, 0.05) is 36.2 Å². The van der Waals surface area contributed by atoms with E-state index in [4.69, 9.17) is 0 Å². The molecular weight excluding hydrogens is 326 g/mol. The smallest absolute Gasteiger partial charge is 0.275 e. The second-order valence-corrected chi connectivity index (χ2v) is 6.01. The van der Waals surface area contributed by atoms with Gasteiger partial charge in [-0.1, -0.05) is 15.9 Å². The highest BCUT2D eigenvalue weighted by Crippen LogP contribution is 2.23. The number of nitrogens with one attached hydrogen (secondary N) is 2. The predicted octanol–water partition coefficient (Wildman–Crippen LogP) is 2.22. The fourth-order valence-electron chi connectivity index (χ4n) is 1.78. The van der Waals surface area contributed by atoms with Gasteiger partial charge in [-0.05, 0) is 26.0 Å². The lowest BCUT2D eigenvalue weighted by Gasteiger charge is -2.22. The fraction of sp³-hybridized carbons (Fsp3) is 0.462. The van der Waals surface area contributed by atoms with Gasteiger partial charge in [0.1, 0.15) is 0 Å². The normalized spacial score (nSPS) is 11.2. The lowest BCUT2D eigenvalue weighted by molar-refractivity contribution is -0.385. The van der Waals surface area contributed by atoms with Crippen molar-refractivity contribution in [3.8, 4) is 0 Å². The van der Waals surface area contributed by atoms with Gasteiger partial charge in [-0.3, -0.25) is 14.9 Å². The van der Waals surface area contributed by atoms with Crippen LogP contribution in [0.5, 0.6) is 0 Å². The molecule has 1 aromatic carbocycles. The summed E-state index contributed by atoms with van der Waals surface area (Å²) in [6.07, 6.45) is 0. The van der Waals surface area contributed by atoms with Crippen molar-refractivity contribution < 1.29 is 9.72 Å². The molecule has 2 N–H and O–H groups in total. The zero-order chi connectivity index (χ0) is 15.3. The second kappa shape index (κ2) is 6.81. The Bertz CT molecular complexity index is 518. The van der Waals surface area contributed by atoms with Crippen molar-refractivity contribution in [1.82, 2.24) is 10.6 Å². The van der Waals surface area contributed by atoms with Crippen LogP contribution in [0.3, 0.4) is 0 Å². The molecule has 0 atom stereocenters. The summed E-state index contributed by atoms with van der Waals surface area (Å²) in [5, 5.41) is 16.7. The summed E-state index contributed by atoms with van der Waals surface area (Å²) in [6.45, 7) is 4.40. The minimum Gasteiger partial charge on any atom is -0.359 e. The van der Waals surface area contributed by atoms with Gasteiger partial charge in [-0.25, -0.2) is 0 Å². The molecule has 0 aromatic heterocycles. The number of halogens is 1. The van der Waals surface area contributed by atoms with Crippen molar-refractivity contribution in [2.75, 3.05) is 13.6 Å². The molecular formula is C13H18BrN3O3. The first kappa shape index (κ1) is 16.6. The van der Waals surface area contributed by atoms with Crippen LogP contribution >= 0.6 is 15.9 Å². The van der Waals surface area contributed by atoms with Crippen LogP contribution in [-0.2, 0) is 11.3 Å². The minimum atomic E-state index is -0.571. The van der Waals surface area contributed by atoms with Crippen LogP contribution in [0.2, 0.25) is 0 Å². The zero-order valence-electron chi connectivity index (χ0n) is 11.7. The molecule has 1 aromatic rings. The van der Waals surface area contributed by atoms with Gasteiger partial charge in [0.2, 0.25) is 5.91 Å². The highest BCUT2D eigenvalue weighted by Gasteiger charge is 2.26. The number of carbonyl (C=O) groups is 1. The predicted molar refractivity (Wildman–Crippen MR) is 80.4 cm³/mol. The third-order valence-electron chi connectivity index (χ3n) is 2.97. The number of hydrogen-bond donors (Lipinski definition) is 2. The Morgan fingerprint density at radius 1 is 1.45 bits per heavy atom. The quantitative estimate of drug-likeness (QED) is 0.612. The first-order valence-corrected chi connectivity index (χ1v) is 6.93. The summed E-state index contributed by atoms with van der Waals surface area (Å²) in [5.74, 6) is -0.0738. The van der Waals surface area contributed by atoms with Crippen molar-refractivity contribution in [1.29, 1.82) is 0 Å². The number of benzene rings is 1. The molecule has 0 radical (unpaired) electrons. The topological polar surface area (TPSA) is 84.3 Å². The average molecular weight is 344 g/mol. The Morgan fingerprint density at radius 3 is 2.65 bits per heavy atom. The zero-order valence-corrected chi connectivity index (χ0v) is 13.3. The number of nitrogens with zero attached hydrogens (tertiary/aromatic N) is 1. The van der Waals surface area contributed by atoms with Crippen molar-refractivity contribution in [2.45, 2.75) is 20.4 Å². The molecule has 0 aliphatic heterocycles. The molecule has 7 heteroatoms. The molecule has 0 fully saturated rings. The van der Waals surface area contributed by atoms with Gasteiger partial charge in [-0.2, -0.15) is 0 Å². The van der Waals surface area contributed by atoms with E-state index >= 15 is 0 Å². The number of amides is 1. The van der Waals surface area contributed by atoms with Crippen LogP contribution in [0, 0.1) is 15.5 Å². The largest absolute Gasteiger partial charge is 0.359 e. The Labute approximate surface area is 126 Å². The maximum atomic E-state index is 11.6. The SMILES string of the molecule is CNC(=O)C(C)(C)CNCc1ccc(Br)cc1[N+](=O)[O-]. The van der Waals surface area contributed by atoms with E-state index in [1.807, 2.05) is 13.8 Å². The van der Waals surface area contributed by atoms with Crippen molar-refractivity contribution in [3.63, 3.8) is 0 Å². The number of hydrogen-bond acceptors (Lipinski definition) is 4. The molecule has 0 aliphatic rings. The van der Waals surface area contributed by atoms with Crippen LogP contribution in [0.15, 0.2) is 22.7 Å². The van der Waals surface area contributed by atoms with E-state index in [0.717, 1.165) is 0 Å². The number of rotatable bonds is 6. The second-order valence-electron chi connectivity index (χ2n) is 5.10. The molecule has 0 saturated heterocycles. The molecule has 1 rings (SSSR count). The van der Waals surface area contributed by atoms with Crippen LogP contribution in [0.1, 0.15) is 19.4 Å². The van der Waals surface area contributed by atoms with E-state index in [1.54, 1.807) is 19.2 Å². The van der Waals surface area contributed by atoms with E-state index in [0.29, 0.717) is 23.1 Å². The molecule has 0 heterocycles. The van der Waals surface area contributed by atoms with E-state index < -0.39 is 10.3 Å². The Balaban J connectivity index is 2.72. The fourth-order valence-corrected chi connectivity index (χ4v) is 2.13. The van der Waals surface area contributed by atoms with Crippen LogP contribution in [0.4, 0.5) is 5.69 Å². The highest BCUT2D eigenvalue weighted by atomic mass is 79.9. The average Bonchev–Trinajstić information content (AvgIpc) is 2.39. The van der Waals surface area contributed by atoms with Crippen molar-refractivity contribution >= 4 is 27.5 Å². The van der Waals surface area contributed by atoms with E-state index in [-0.39, 0.29) is 11.6 Å². The lowest BCUT2D eigenvalue weighted by atomic mass is 9.92. The molecule has 0 bridgehead atoms. The summed E-state index contributed by atoms with van der Waals surface area (Å²) in [7, 11) is 1.59. The van der Waals surface area contributed by atoms with E-state index in [9.17, 15) is 14.9 Å². The summed E-state index contributed by atoms with van der Waals surface area (Å²) >= 11 is 3.22. The maximum Gasteiger partial charge on any atom is 0.275 e. The first-order chi connectivity index (χ1) is 9.27. The number of nitro benzene ring substituents is 1.